The maximum absolute atomic E-state index is 11.6. The van der Waals surface area contributed by atoms with Crippen LogP contribution >= 0.6 is 27.7 Å². The Kier molecular flexibility index (Phi) is 4.60. The lowest BCUT2D eigenvalue weighted by Gasteiger charge is -2.05. The van der Waals surface area contributed by atoms with Crippen LogP contribution < -0.4 is 5.56 Å². The summed E-state index contributed by atoms with van der Waals surface area (Å²) in [6, 6.07) is 8.18. The van der Waals surface area contributed by atoms with E-state index in [1.165, 1.54) is 10.5 Å². The van der Waals surface area contributed by atoms with Crippen molar-refractivity contribution < 1.29 is 0 Å². The van der Waals surface area contributed by atoms with E-state index in [1.54, 1.807) is 18.0 Å². The number of hydrogen-bond donors (Lipinski definition) is 1. The zero-order valence-electron chi connectivity index (χ0n) is 9.94. The lowest BCUT2D eigenvalue weighted by molar-refractivity contribution is 0.975. The first-order valence-corrected chi connectivity index (χ1v) is 7.63. The van der Waals surface area contributed by atoms with E-state index in [2.05, 4.69) is 45.0 Å². The van der Waals surface area contributed by atoms with Crippen LogP contribution in [0.2, 0.25) is 0 Å². The van der Waals surface area contributed by atoms with Crippen molar-refractivity contribution in [3.8, 4) is 0 Å². The quantitative estimate of drug-likeness (QED) is 0.693. The maximum atomic E-state index is 11.6. The Morgan fingerprint density at radius 1 is 1.39 bits per heavy atom. The molecule has 0 saturated heterocycles. The monoisotopic (exact) mass is 324 g/mol. The summed E-state index contributed by atoms with van der Waals surface area (Å²) in [4.78, 5) is 19.9. The number of hydrogen-bond acceptors (Lipinski definition) is 3. The van der Waals surface area contributed by atoms with Crippen LogP contribution in [-0.4, -0.2) is 9.97 Å². The van der Waals surface area contributed by atoms with Gasteiger partial charge in [-0.1, -0.05) is 34.1 Å². The van der Waals surface area contributed by atoms with Crippen LogP contribution in [0.4, 0.5) is 0 Å². The Balaban J connectivity index is 2.09. The molecule has 1 N–H and O–H groups in total. The molecule has 0 radical (unpaired) electrons. The highest BCUT2D eigenvalue weighted by molar-refractivity contribution is 9.08. The second-order valence-electron chi connectivity index (χ2n) is 3.87. The summed E-state index contributed by atoms with van der Waals surface area (Å²) < 4.78 is 0. The smallest absolute Gasteiger partial charge is 0.254 e. The van der Waals surface area contributed by atoms with Gasteiger partial charge in [-0.2, -0.15) is 0 Å². The van der Waals surface area contributed by atoms with Gasteiger partial charge >= 0.3 is 0 Å². The highest BCUT2D eigenvalue weighted by atomic mass is 79.9. The predicted octanol–water partition coefficient (Wildman–Crippen LogP) is 3.27. The molecular weight excluding hydrogens is 312 g/mol. The van der Waals surface area contributed by atoms with Crippen molar-refractivity contribution in [2.75, 3.05) is 0 Å². The van der Waals surface area contributed by atoms with E-state index >= 15 is 0 Å². The van der Waals surface area contributed by atoms with E-state index in [9.17, 15) is 4.79 Å². The minimum absolute atomic E-state index is 0.0674. The van der Waals surface area contributed by atoms with Gasteiger partial charge in [0.2, 0.25) is 0 Å². The summed E-state index contributed by atoms with van der Waals surface area (Å²) in [5, 5.41) is 0.528. The van der Waals surface area contributed by atoms with Crippen LogP contribution in [0.25, 0.3) is 0 Å². The molecule has 2 rings (SSSR count). The third-order valence-corrected chi connectivity index (χ3v) is 4.32. The van der Waals surface area contributed by atoms with Gasteiger partial charge in [-0.05, 0) is 18.6 Å². The minimum Gasteiger partial charge on any atom is -0.310 e. The molecule has 0 amide bonds. The van der Waals surface area contributed by atoms with Gasteiger partial charge in [0.25, 0.3) is 5.56 Å². The average Bonchev–Trinajstić information content (AvgIpc) is 2.38. The summed E-state index contributed by atoms with van der Waals surface area (Å²) in [6.07, 6.45) is 1.63. The fraction of sp³-hybridized carbons (Fsp3) is 0.231. The molecule has 0 saturated carbocycles. The Hall–Kier alpha value is -1.07. The molecule has 0 spiro atoms. The molecule has 1 aromatic heterocycles. The van der Waals surface area contributed by atoms with Crippen molar-refractivity contribution in [3.05, 3.63) is 57.8 Å². The topological polar surface area (TPSA) is 45.8 Å². The van der Waals surface area contributed by atoms with E-state index in [0.717, 1.165) is 0 Å². The van der Waals surface area contributed by atoms with Crippen LogP contribution in [0.1, 0.15) is 17.0 Å². The van der Waals surface area contributed by atoms with E-state index in [4.69, 9.17) is 0 Å². The van der Waals surface area contributed by atoms with Crippen LogP contribution in [-0.2, 0) is 11.1 Å². The molecular formula is C13H13BrN2OS. The number of H-pyrrole nitrogens is 1. The van der Waals surface area contributed by atoms with Crippen LogP contribution in [0.5, 0.6) is 0 Å². The molecule has 1 heterocycles. The number of aryl methyl sites for hydroxylation is 1. The van der Waals surface area contributed by atoms with Gasteiger partial charge < -0.3 is 4.98 Å². The first-order valence-electron chi connectivity index (χ1n) is 5.52. The summed E-state index contributed by atoms with van der Waals surface area (Å²) in [5.74, 6) is 1.38. The Morgan fingerprint density at radius 2 is 2.17 bits per heavy atom. The van der Waals surface area contributed by atoms with Crippen LogP contribution in [0, 0.1) is 6.92 Å². The number of nitrogens with zero attached hydrogens (tertiary/aromatic N) is 1. The number of aromatic nitrogens is 2. The molecule has 0 fully saturated rings. The Morgan fingerprint density at radius 3 is 2.83 bits per heavy atom. The van der Waals surface area contributed by atoms with Crippen molar-refractivity contribution in [2.45, 2.75) is 22.9 Å². The number of halogens is 1. The van der Waals surface area contributed by atoms with E-state index in [-0.39, 0.29) is 5.56 Å². The second kappa shape index (κ2) is 6.20. The lowest BCUT2D eigenvalue weighted by Crippen LogP contribution is -2.14. The molecule has 5 heteroatoms. The van der Waals surface area contributed by atoms with E-state index in [1.807, 2.05) is 12.1 Å². The van der Waals surface area contributed by atoms with Gasteiger partial charge in [0.05, 0.1) is 5.75 Å². The summed E-state index contributed by atoms with van der Waals surface area (Å²) >= 11 is 4.93. The molecule has 2 aromatic rings. The molecule has 1 aromatic carbocycles. The zero-order chi connectivity index (χ0) is 13.0. The molecule has 0 aliphatic rings. The van der Waals surface area contributed by atoms with Crippen molar-refractivity contribution in [1.82, 2.24) is 9.97 Å². The molecule has 0 aliphatic carbocycles. The SMILES string of the molecule is Cc1ccccc1SCc1ncc(CBr)c(=O)[nH]1. The second-order valence-corrected chi connectivity index (χ2v) is 5.45. The van der Waals surface area contributed by atoms with E-state index < -0.39 is 0 Å². The lowest BCUT2D eigenvalue weighted by atomic mass is 10.2. The van der Waals surface area contributed by atoms with Gasteiger partial charge in [0.15, 0.2) is 0 Å². The molecule has 0 aliphatic heterocycles. The number of thioether (sulfide) groups is 1. The largest absolute Gasteiger partial charge is 0.310 e. The Labute approximate surface area is 118 Å². The van der Waals surface area contributed by atoms with E-state index in [0.29, 0.717) is 22.5 Å². The fourth-order valence-electron chi connectivity index (χ4n) is 1.49. The van der Waals surface area contributed by atoms with Gasteiger partial charge in [0.1, 0.15) is 5.82 Å². The highest BCUT2D eigenvalue weighted by Gasteiger charge is 2.03. The van der Waals surface area contributed by atoms with Crippen molar-refractivity contribution in [2.24, 2.45) is 0 Å². The maximum Gasteiger partial charge on any atom is 0.254 e. The van der Waals surface area contributed by atoms with Crippen molar-refractivity contribution in [3.63, 3.8) is 0 Å². The number of alkyl halides is 1. The third kappa shape index (κ3) is 3.23. The van der Waals surface area contributed by atoms with Gasteiger partial charge in [-0.15, -0.1) is 11.8 Å². The molecule has 0 unspecified atom stereocenters. The third-order valence-electron chi connectivity index (χ3n) is 2.53. The fourth-order valence-corrected chi connectivity index (χ4v) is 2.80. The van der Waals surface area contributed by atoms with Crippen molar-refractivity contribution >= 4 is 27.7 Å². The standard InChI is InChI=1S/C13H13BrN2OS/c1-9-4-2-3-5-11(9)18-8-12-15-7-10(6-14)13(17)16-12/h2-5,7H,6,8H2,1H3,(H,15,16,17). The zero-order valence-corrected chi connectivity index (χ0v) is 12.3. The van der Waals surface area contributed by atoms with Gasteiger partial charge in [-0.25, -0.2) is 4.98 Å². The van der Waals surface area contributed by atoms with Crippen molar-refractivity contribution in [1.29, 1.82) is 0 Å². The molecule has 18 heavy (non-hydrogen) atoms. The normalized spacial score (nSPS) is 10.6. The number of rotatable bonds is 4. The first kappa shape index (κ1) is 13.4. The number of benzene rings is 1. The minimum atomic E-state index is -0.0674. The Bertz CT molecular complexity index is 598. The molecule has 0 bridgehead atoms. The summed E-state index contributed by atoms with van der Waals surface area (Å²) in [6.45, 7) is 2.08. The van der Waals surface area contributed by atoms with Gasteiger partial charge in [0, 0.05) is 22.0 Å². The predicted molar refractivity (Wildman–Crippen MR) is 78.2 cm³/mol. The van der Waals surface area contributed by atoms with Gasteiger partial charge in [-0.3, -0.25) is 4.79 Å². The number of nitrogens with one attached hydrogen (secondary N) is 1. The molecule has 94 valence electrons. The highest BCUT2D eigenvalue weighted by Crippen LogP contribution is 2.24. The molecule has 0 atom stereocenters. The first-order chi connectivity index (χ1) is 8.70. The van der Waals surface area contributed by atoms with Crippen LogP contribution in [0.3, 0.4) is 0 Å². The van der Waals surface area contributed by atoms with Crippen LogP contribution in [0.15, 0.2) is 40.2 Å². The average molecular weight is 325 g/mol. The summed E-state index contributed by atoms with van der Waals surface area (Å²) in [5.41, 5.74) is 1.82. The molecule has 3 nitrogen and oxygen atoms in total. The number of aromatic amines is 1. The summed E-state index contributed by atoms with van der Waals surface area (Å²) in [7, 11) is 0.